The highest BCUT2D eigenvalue weighted by Crippen LogP contribution is 2.31. The highest BCUT2D eigenvalue weighted by Gasteiger charge is 2.23. The number of imidazole rings is 1. The molecule has 2 aromatic carbocycles. The van der Waals surface area contributed by atoms with Crippen LogP contribution in [-0.4, -0.2) is 53.1 Å². The van der Waals surface area contributed by atoms with Gasteiger partial charge in [0.05, 0.1) is 46.0 Å². The average Bonchev–Trinajstić information content (AvgIpc) is 3.78. The van der Waals surface area contributed by atoms with Gasteiger partial charge in [-0.1, -0.05) is 12.1 Å². The summed E-state index contributed by atoms with van der Waals surface area (Å²) in [6.45, 7) is 0.440. The maximum absolute atomic E-state index is 15.7. The molecule has 47 heavy (non-hydrogen) atoms. The van der Waals surface area contributed by atoms with Gasteiger partial charge in [0.2, 0.25) is 5.88 Å². The van der Waals surface area contributed by atoms with Crippen LogP contribution in [0.4, 0.5) is 13.2 Å². The van der Waals surface area contributed by atoms with E-state index in [-0.39, 0.29) is 24.7 Å². The van der Waals surface area contributed by atoms with Crippen LogP contribution in [0.15, 0.2) is 67.1 Å². The molecule has 0 spiro atoms. The van der Waals surface area contributed by atoms with E-state index in [9.17, 15) is 18.7 Å². The molecule has 0 aliphatic carbocycles. The molecule has 1 aliphatic rings. The van der Waals surface area contributed by atoms with Crippen molar-refractivity contribution >= 4 is 28.3 Å². The van der Waals surface area contributed by atoms with E-state index in [0.717, 1.165) is 12.0 Å². The Morgan fingerprint density at radius 2 is 2.02 bits per heavy atom. The van der Waals surface area contributed by atoms with Crippen LogP contribution in [0.2, 0.25) is 0 Å². The number of pyridine rings is 1. The number of carbonyl (C=O) groups is 1. The second-order valence-corrected chi connectivity index (χ2v) is 12.2. The van der Waals surface area contributed by atoms with Gasteiger partial charge in [-0.25, -0.2) is 28.8 Å². The number of halogens is 3. The first-order chi connectivity index (χ1) is 22.7. The lowest BCUT2D eigenvalue weighted by molar-refractivity contribution is -0.0589. The Bertz CT molecular complexity index is 2110. The van der Waals surface area contributed by atoms with Crippen LogP contribution in [0.5, 0.6) is 5.88 Å². The molecule has 1 saturated heterocycles. The molecule has 1 aliphatic heterocycles. The topological polar surface area (TPSA) is 117 Å². The second kappa shape index (κ2) is 12.6. The maximum Gasteiger partial charge on any atom is 0.335 e. The third kappa shape index (κ3) is 6.33. The number of aromatic nitrogens is 6. The predicted octanol–water partition coefficient (Wildman–Crippen LogP) is 6.92. The SMILES string of the molecule is Cc1cc(Cc2nc3ccc(C(=O)O)cc3n2CC2CCO2)c(F)cc1-c1cccc(OCc2ncc(-c3cnn(C(F)F)c3)s2)n1. The molecule has 1 N–H and O–H groups in total. The van der Waals surface area contributed by atoms with Crippen LogP contribution >= 0.6 is 11.3 Å². The lowest BCUT2D eigenvalue weighted by atomic mass is 9.99. The minimum atomic E-state index is -2.72. The third-order valence-electron chi connectivity index (χ3n) is 7.98. The Kier molecular flexibility index (Phi) is 8.20. The molecule has 1 atom stereocenters. The number of carboxylic acid groups (broad SMARTS) is 1. The fourth-order valence-electron chi connectivity index (χ4n) is 5.46. The van der Waals surface area contributed by atoms with Crippen molar-refractivity contribution in [3.63, 3.8) is 0 Å². The number of aromatic carboxylic acids is 1. The molecule has 0 radical (unpaired) electrons. The van der Waals surface area contributed by atoms with Gasteiger partial charge >= 0.3 is 12.5 Å². The first-order valence-corrected chi connectivity index (χ1v) is 15.5. The number of rotatable bonds is 11. The molecule has 1 unspecified atom stereocenters. The molecular formula is C33H27F3N6O4S. The van der Waals surface area contributed by atoms with Crippen molar-refractivity contribution in [2.45, 2.75) is 45.6 Å². The molecule has 14 heteroatoms. The summed E-state index contributed by atoms with van der Waals surface area (Å²) in [6, 6.07) is 13.2. The molecule has 0 amide bonds. The van der Waals surface area contributed by atoms with Gasteiger partial charge in [-0.05, 0) is 54.8 Å². The molecule has 240 valence electrons. The van der Waals surface area contributed by atoms with Gasteiger partial charge in [-0.2, -0.15) is 13.9 Å². The average molecular weight is 661 g/mol. The maximum atomic E-state index is 15.7. The van der Waals surface area contributed by atoms with E-state index >= 15 is 4.39 Å². The second-order valence-electron chi connectivity index (χ2n) is 11.1. The molecule has 0 saturated carbocycles. The predicted molar refractivity (Wildman–Crippen MR) is 167 cm³/mol. The van der Waals surface area contributed by atoms with Gasteiger partial charge in [-0.15, -0.1) is 11.3 Å². The van der Waals surface area contributed by atoms with Gasteiger partial charge < -0.3 is 19.1 Å². The standard InChI is InChI=1S/C33H27F3N6O4S/c1-18-9-20(11-29-39-26-6-5-19(32(43)44)10-27(26)41(29)16-22-7-8-45-22)24(34)12-23(18)25-3-2-4-30(40-25)46-17-31-37-14-28(47-31)21-13-38-42(15-21)33(35)36/h2-6,9-10,12-15,22,33H,7-8,11,16-17H2,1H3,(H,43,44). The molecule has 7 rings (SSSR count). The van der Waals surface area contributed by atoms with Crippen LogP contribution in [0.3, 0.4) is 0 Å². The number of hydrogen-bond donors (Lipinski definition) is 1. The first-order valence-electron chi connectivity index (χ1n) is 14.7. The summed E-state index contributed by atoms with van der Waals surface area (Å²) >= 11 is 1.30. The summed E-state index contributed by atoms with van der Waals surface area (Å²) in [6.07, 6.45) is 5.28. The monoisotopic (exact) mass is 660 g/mol. The lowest BCUT2D eigenvalue weighted by Crippen LogP contribution is -2.31. The molecule has 5 heterocycles. The van der Waals surface area contributed by atoms with Crippen LogP contribution < -0.4 is 4.74 Å². The van der Waals surface area contributed by atoms with E-state index < -0.39 is 18.3 Å². The minimum absolute atomic E-state index is 0.00939. The van der Waals surface area contributed by atoms with Crippen LogP contribution in [0, 0.1) is 12.7 Å². The zero-order chi connectivity index (χ0) is 32.7. The van der Waals surface area contributed by atoms with Gasteiger partial charge in [0.15, 0.2) is 0 Å². The molecule has 10 nitrogen and oxygen atoms in total. The highest BCUT2D eigenvalue weighted by atomic mass is 32.1. The number of nitrogens with zero attached hydrogens (tertiary/aromatic N) is 6. The van der Waals surface area contributed by atoms with E-state index in [0.29, 0.717) is 72.8 Å². The number of hydrogen-bond acceptors (Lipinski definition) is 8. The Morgan fingerprint density at radius 3 is 2.77 bits per heavy atom. The molecule has 4 aromatic heterocycles. The van der Waals surface area contributed by atoms with E-state index in [1.54, 1.807) is 42.6 Å². The van der Waals surface area contributed by atoms with E-state index in [4.69, 9.17) is 14.5 Å². The smallest absolute Gasteiger partial charge is 0.335 e. The van der Waals surface area contributed by atoms with Gasteiger partial charge in [0, 0.05) is 42.6 Å². The van der Waals surface area contributed by atoms with Gasteiger partial charge in [-0.3, -0.25) is 0 Å². The summed E-state index contributed by atoms with van der Waals surface area (Å²) in [5.41, 5.74) is 4.37. The number of benzene rings is 2. The Labute approximate surface area is 270 Å². The Balaban J connectivity index is 1.09. The van der Waals surface area contributed by atoms with Crippen molar-refractivity contribution < 1.29 is 32.5 Å². The number of aryl methyl sites for hydroxylation is 1. The van der Waals surface area contributed by atoms with E-state index in [1.165, 1.54) is 35.9 Å². The zero-order valence-electron chi connectivity index (χ0n) is 24.9. The number of alkyl halides is 2. The minimum Gasteiger partial charge on any atom is -0.478 e. The summed E-state index contributed by atoms with van der Waals surface area (Å²) in [5.74, 6) is -0.516. The number of fused-ring (bicyclic) bond motifs is 1. The Morgan fingerprint density at radius 1 is 1.17 bits per heavy atom. The Hall–Kier alpha value is -5.08. The normalized spacial score (nSPS) is 14.5. The molecule has 6 aromatic rings. The van der Waals surface area contributed by atoms with Crippen LogP contribution in [-0.2, 0) is 24.3 Å². The summed E-state index contributed by atoms with van der Waals surface area (Å²) in [4.78, 5) is 25.9. The summed E-state index contributed by atoms with van der Waals surface area (Å²) in [7, 11) is 0. The van der Waals surface area contributed by atoms with Crippen molar-refractivity contribution in [1.29, 1.82) is 0 Å². The summed E-state index contributed by atoms with van der Waals surface area (Å²) in [5, 5.41) is 13.8. The fourth-order valence-corrected chi connectivity index (χ4v) is 6.27. The molecule has 1 fully saturated rings. The number of ether oxygens (including phenoxy) is 2. The van der Waals surface area contributed by atoms with Gasteiger partial charge in [0.25, 0.3) is 0 Å². The largest absolute Gasteiger partial charge is 0.478 e. The van der Waals surface area contributed by atoms with Crippen LogP contribution in [0.1, 0.15) is 45.3 Å². The fraction of sp³-hybridized carbons (Fsp3) is 0.242. The quantitative estimate of drug-likeness (QED) is 0.159. The highest BCUT2D eigenvalue weighted by molar-refractivity contribution is 7.15. The van der Waals surface area contributed by atoms with Crippen molar-refractivity contribution in [2.75, 3.05) is 6.61 Å². The summed E-state index contributed by atoms with van der Waals surface area (Å²) < 4.78 is 55.5. The van der Waals surface area contributed by atoms with Crippen LogP contribution in [0.25, 0.3) is 32.7 Å². The molecule has 0 bridgehead atoms. The third-order valence-corrected chi connectivity index (χ3v) is 9.00. The van der Waals surface area contributed by atoms with Gasteiger partial charge in [0.1, 0.15) is 23.3 Å². The van der Waals surface area contributed by atoms with Crippen molar-refractivity contribution in [1.82, 2.24) is 29.3 Å². The lowest BCUT2D eigenvalue weighted by Gasteiger charge is -2.27. The first kappa shape index (κ1) is 30.6. The molecular weight excluding hydrogens is 633 g/mol. The van der Waals surface area contributed by atoms with Crippen molar-refractivity contribution in [3.8, 4) is 27.6 Å². The van der Waals surface area contributed by atoms with Crippen molar-refractivity contribution in [3.05, 3.63) is 100 Å². The zero-order valence-corrected chi connectivity index (χ0v) is 25.8. The van der Waals surface area contributed by atoms with E-state index in [2.05, 4.69) is 15.1 Å². The number of thiazole rings is 1. The van der Waals surface area contributed by atoms with E-state index in [1.807, 2.05) is 11.5 Å². The van der Waals surface area contributed by atoms with Crippen molar-refractivity contribution in [2.24, 2.45) is 0 Å². The number of carboxylic acids is 1.